The molecule has 6 heteroatoms. The average Bonchev–Trinajstić information content (AvgIpc) is 3.19. The van der Waals surface area contributed by atoms with Crippen molar-refractivity contribution in [1.82, 2.24) is 15.2 Å². The number of aromatic nitrogens is 1. The van der Waals surface area contributed by atoms with Crippen molar-refractivity contribution >= 4 is 22.4 Å². The molecule has 3 heterocycles. The minimum absolute atomic E-state index is 0.0644. The Kier molecular flexibility index (Phi) is 4.53. The highest BCUT2D eigenvalue weighted by Gasteiger charge is 2.39. The summed E-state index contributed by atoms with van der Waals surface area (Å²) in [6.45, 7) is 3.61. The van der Waals surface area contributed by atoms with Crippen molar-refractivity contribution in [2.75, 3.05) is 31.1 Å². The Labute approximate surface area is 142 Å². The Bertz CT molecular complexity index is 521. The van der Waals surface area contributed by atoms with Gasteiger partial charge in [0.1, 0.15) is 0 Å². The van der Waals surface area contributed by atoms with E-state index in [2.05, 4.69) is 20.1 Å². The lowest BCUT2D eigenvalue weighted by Crippen LogP contribution is -2.46. The van der Waals surface area contributed by atoms with Crippen molar-refractivity contribution in [2.45, 2.75) is 50.6 Å². The number of fused-ring (bicyclic) bond motifs is 1. The molecule has 126 valence electrons. The summed E-state index contributed by atoms with van der Waals surface area (Å²) < 4.78 is 0. The van der Waals surface area contributed by atoms with Gasteiger partial charge >= 0.3 is 0 Å². The van der Waals surface area contributed by atoms with Gasteiger partial charge in [-0.25, -0.2) is 4.98 Å². The van der Waals surface area contributed by atoms with Crippen molar-refractivity contribution in [3.63, 3.8) is 0 Å². The van der Waals surface area contributed by atoms with Gasteiger partial charge < -0.3 is 15.1 Å². The van der Waals surface area contributed by atoms with E-state index in [9.17, 15) is 4.79 Å². The van der Waals surface area contributed by atoms with E-state index in [0.717, 1.165) is 50.1 Å². The number of nitrogens with one attached hydrogen (secondary N) is 1. The van der Waals surface area contributed by atoms with Crippen LogP contribution in [0.5, 0.6) is 0 Å². The lowest BCUT2D eigenvalue weighted by molar-refractivity contribution is -0.133. The van der Waals surface area contributed by atoms with E-state index in [1.165, 1.54) is 25.7 Å². The molecule has 1 aromatic rings. The predicted molar refractivity (Wildman–Crippen MR) is 92.8 cm³/mol. The minimum Gasteiger partial charge on any atom is -0.346 e. The normalized spacial score (nSPS) is 31.7. The maximum atomic E-state index is 12.9. The van der Waals surface area contributed by atoms with E-state index in [1.807, 2.05) is 11.6 Å². The SMILES string of the molecule is O=C([C@@H]1C[C@@H]2CCCC[C@H]2N1)N1CCCN(c2nccs2)CC1. The van der Waals surface area contributed by atoms with E-state index in [0.29, 0.717) is 11.9 Å². The molecule has 0 unspecified atom stereocenters. The van der Waals surface area contributed by atoms with Crippen LogP contribution in [-0.4, -0.2) is 54.1 Å². The molecule has 1 amide bonds. The van der Waals surface area contributed by atoms with Crippen molar-refractivity contribution < 1.29 is 4.79 Å². The Morgan fingerprint density at radius 3 is 2.91 bits per heavy atom. The Morgan fingerprint density at radius 1 is 1.17 bits per heavy atom. The van der Waals surface area contributed by atoms with E-state index >= 15 is 0 Å². The molecule has 1 saturated carbocycles. The Morgan fingerprint density at radius 2 is 2.09 bits per heavy atom. The molecule has 1 aromatic heterocycles. The second kappa shape index (κ2) is 6.77. The standard InChI is InChI=1S/C17H26N4OS/c22-16(15-12-13-4-1-2-5-14(13)19-15)20-7-3-8-21(10-9-20)17-18-6-11-23-17/h6,11,13-15,19H,1-5,7-10,12H2/t13-,14+,15-/m0/s1. The van der Waals surface area contributed by atoms with Gasteiger partial charge in [-0.3, -0.25) is 4.79 Å². The number of nitrogens with zero attached hydrogens (tertiary/aromatic N) is 3. The number of rotatable bonds is 2. The van der Waals surface area contributed by atoms with Gasteiger partial charge in [-0.2, -0.15) is 0 Å². The highest BCUT2D eigenvalue weighted by Crippen LogP contribution is 2.33. The van der Waals surface area contributed by atoms with E-state index < -0.39 is 0 Å². The molecule has 2 aliphatic heterocycles. The van der Waals surface area contributed by atoms with Crippen molar-refractivity contribution in [3.8, 4) is 0 Å². The van der Waals surface area contributed by atoms with Crippen LogP contribution in [0.4, 0.5) is 5.13 Å². The lowest BCUT2D eigenvalue weighted by atomic mass is 9.85. The molecular formula is C17H26N4OS. The van der Waals surface area contributed by atoms with Crippen LogP contribution in [0, 0.1) is 5.92 Å². The van der Waals surface area contributed by atoms with Crippen LogP contribution in [0.2, 0.25) is 0 Å². The van der Waals surface area contributed by atoms with Gasteiger partial charge in [-0.05, 0) is 31.6 Å². The molecule has 3 atom stereocenters. The summed E-state index contributed by atoms with van der Waals surface area (Å²) in [5.74, 6) is 1.07. The third-order valence-electron chi connectivity index (χ3n) is 5.66. The summed E-state index contributed by atoms with van der Waals surface area (Å²) in [5.41, 5.74) is 0. The molecule has 0 spiro atoms. The maximum absolute atomic E-state index is 12.9. The zero-order valence-electron chi connectivity index (χ0n) is 13.6. The first-order chi connectivity index (χ1) is 11.3. The molecule has 4 rings (SSSR count). The highest BCUT2D eigenvalue weighted by molar-refractivity contribution is 7.13. The summed E-state index contributed by atoms with van der Waals surface area (Å²) in [6.07, 6.45) is 9.17. The van der Waals surface area contributed by atoms with Crippen LogP contribution in [-0.2, 0) is 4.79 Å². The Balaban J connectivity index is 1.36. The quantitative estimate of drug-likeness (QED) is 0.900. The first-order valence-corrected chi connectivity index (χ1v) is 9.88. The smallest absolute Gasteiger partial charge is 0.239 e. The van der Waals surface area contributed by atoms with Crippen LogP contribution < -0.4 is 10.2 Å². The van der Waals surface area contributed by atoms with Crippen molar-refractivity contribution in [2.24, 2.45) is 5.92 Å². The number of hydrogen-bond donors (Lipinski definition) is 1. The number of amides is 1. The van der Waals surface area contributed by atoms with Crippen molar-refractivity contribution in [1.29, 1.82) is 0 Å². The van der Waals surface area contributed by atoms with Gasteiger partial charge in [-0.15, -0.1) is 11.3 Å². The van der Waals surface area contributed by atoms with Gasteiger partial charge in [-0.1, -0.05) is 12.8 Å². The monoisotopic (exact) mass is 334 g/mol. The first-order valence-electron chi connectivity index (χ1n) is 9.00. The minimum atomic E-state index is 0.0644. The van der Waals surface area contributed by atoms with Gasteiger partial charge in [0.05, 0.1) is 6.04 Å². The summed E-state index contributed by atoms with van der Waals surface area (Å²) >= 11 is 1.69. The van der Waals surface area contributed by atoms with E-state index in [-0.39, 0.29) is 6.04 Å². The van der Waals surface area contributed by atoms with Crippen LogP contribution in [0.15, 0.2) is 11.6 Å². The topological polar surface area (TPSA) is 48.5 Å². The third-order valence-corrected chi connectivity index (χ3v) is 6.49. The fraction of sp³-hybridized carbons (Fsp3) is 0.765. The van der Waals surface area contributed by atoms with Crippen molar-refractivity contribution in [3.05, 3.63) is 11.6 Å². The zero-order chi connectivity index (χ0) is 15.6. The molecule has 0 aromatic carbocycles. The summed E-state index contributed by atoms with van der Waals surface area (Å²) in [5, 5.41) is 6.74. The average molecular weight is 334 g/mol. The van der Waals surface area contributed by atoms with Crippen LogP contribution in [0.1, 0.15) is 38.5 Å². The van der Waals surface area contributed by atoms with Gasteiger partial charge in [0.2, 0.25) is 5.91 Å². The van der Waals surface area contributed by atoms with Crippen LogP contribution in [0.3, 0.4) is 0 Å². The van der Waals surface area contributed by atoms with E-state index in [4.69, 9.17) is 0 Å². The first kappa shape index (κ1) is 15.4. The molecule has 5 nitrogen and oxygen atoms in total. The fourth-order valence-electron chi connectivity index (χ4n) is 4.43. The molecule has 3 aliphatic rings. The van der Waals surface area contributed by atoms with E-state index in [1.54, 1.807) is 11.3 Å². The molecule has 0 radical (unpaired) electrons. The van der Waals surface area contributed by atoms with Crippen LogP contribution in [0.25, 0.3) is 0 Å². The highest BCUT2D eigenvalue weighted by atomic mass is 32.1. The number of thiazole rings is 1. The zero-order valence-corrected chi connectivity index (χ0v) is 14.4. The molecule has 3 fully saturated rings. The molecule has 23 heavy (non-hydrogen) atoms. The van der Waals surface area contributed by atoms with Gasteiger partial charge in [0.25, 0.3) is 0 Å². The third kappa shape index (κ3) is 3.24. The lowest BCUT2D eigenvalue weighted by Gasteiger charge is -2.25. The summed E-state index contributed by atoms with van der Waals surface area (Å²) in [6, 6.07) is 0.658. The summed E-state index contributed by atoms with van der Waals surface area (Å²) in [7, 11) is 0. The number of carbonyl (C=O) groups is 1. The van der Waals surface area contributed by atoms with Gasteiger partial charge in [0.15, 0.2) is 5.13 Å². The second-order valence-corrected chi connectivity index (χ2v) is 7.96. The largest absolute Gasteiger partial charge is 0.346 e. The maximum Gasteiger partial charge on any atom is 0.239 e. The number of anilines is 1. The second-order valence-electron chi connectivity index (χ2n) is 7.09. The summed E-state index contributed by atoms with van der Waals surface area (Å²) in [4.78, 5) is 21.7. The molecule has 1 N–H and O–H groups in total. The van der Waals surface area contributed by atoms with Gasteiger partial charge in [0, 0.05) is 43.8 Å². The molecular weight excluding hydrogens is 308 g/mol. The fourth-order valence-corrected chi connectivity index (χ4v) is 5.13. The Hall–Kier alpha value is -1.14. The van der Waals surface area contributed by atoms with Crippen LogP contribution >= 0.6 is 11.3 Å². The predicted octanol–water partition coefficient (Wildman–Crippen LogP) is 2.10. The number of hydrogen-bond acceptors (Lipinski definition) is 5. The molecule has 0 bridgehead atoms. The molecule has 1 aliphatic carbocycles. The number of carbonyl (C=O) groups excluding carboxylic acids is 1. The molecule has 2 saturated heterocycles.